The average molecular weight is 494 g/mol. The van der Waals surface area contributed by atoms with E-state index in [1.165, 1.54) is 27.2 Å². The van der Waals surface area contributed by atoms with Gasteiger partial charge in [0.1, 0.15) is 37.2 Å². The monoisotopic (exact) mass is 494 g/mol. The first-order valence-corrected chi connectivity index (χ1v) is 11.5. The number of hydrogen-bond donors (Lipinski definition) is 5. The standard InChI is InChI=1S/C14H26N4O11P2/c1-18(2,3)6-7-26-30(22,23)29-31(24,25)27-8-9-11(19)12(20)13(28-9)17-5-4-10(15)16-14(17)21/h4-5,9,11-13,19-20H,6-8H2,1-3H3,(H3-,15,16,21,22,23,24,25)/p+1/t9-,11-,12-,13-/m1/s1/i6D2,7+1D2. The molecule has 0 radical (unpaired) electrons. The topological polar surface area (TPSA) is 213 Å². The molecule has 6 atom stereocenters. The third-order valence-corrected chi connectivity index (χ3v) is 6.06. The number of ether oxygens (including phenoxy) is 1. The lowest BCUT2D eigenvalue weighted by molar-refractivity contribution is -0.870. The average Bonchev–Trinajstić information content (AvgIpc) is 2.92. The normalized spacial score (nSPS) is 31.1. The van der Waals surface area contributed by atoms with Crippen LogP contribution in [0.5, 0.6) is 0 Å². The zero-order valence-corrected chi connectivity index (χ0v) is 18.4. The van der Waals surface area contributed by atoms with E-state index < -0.39 is 70.0 Å². The molecule has 1 aromatic heterocycles. The lowest BCUT2D eigenvalue weighted by Crippen LogP contribution is -2.37. The Morgan fingerprint density at radius 3 is 2.45 bits per heavy atom. The Morgan fingerprint density at radius 1 is 1.26 bits per heavy atom. The van der Waals surface area contributed by atoms with Gasteiger partial charge >= 0.3 is 21.3 Å². The van der Waals surface area contributed by atoms with Crippen molar-refractivity contribution in [1.82, 2.24) is 9.55 Å². The first kappa shape index (κ1) is 20.4. The van der Waals surface area contributed by atoms with E-state index in [0.717, 1.165) is 10.8 Å². The third-order valence-electron chi connectivity index (χ3n) is 3.61. The summed E-state index contributed by atoms with van der Waals surface area (Å²) in [6.45, 7) is -7.40. The number of hydrogen-bond acceptors (Lipinski definition) is 11. The van der Waals surface area contributed by atoms with E-state index in [4.69, 9.17) is 16.0 Å². The number of likely N-dealkylation sites (N-methyl/N-ethyl adjacent to an activating group) is 1. The highest BCUT2D eigenvalue weighted by atomic mass is 31.3. The largest absolute Gasteiger partial charge is 0.481 e. The van der Waals surface area contributed by atoms with Crippen LogP contribution in [-0.4, -0.2) is 93.2 Å². The van der Waals surface area contributed by atoms with Crippen LogP contribution in [0.2, 0.25) is 0 Å². The van der Waals surface area contributed by atoms with Crippen molar-refractivity contribution >= 4 is 21.5 Å². The summed E-state index contributed by atoms with van der Waals surface area (Å²) in [7, 11) is -7.56. The van der Waals surface area contributed by atoms with Gasteiger partial charge in [-0.15, -0.1) is 0 Å². The molecule has 2 rings (SSSR count). The second-order valence-corrected chi connectivity index (χ2v) is 10.2. The molecular weight excluding hydrogens is 463 g/mol. The van der Waals surface area contributed by atoms with E-state index in [1.807, 2.05) is 0 Å². The molecule has 1 aromatic rings. The summed E-state index contributed by atoms with van der Waals surface area (Å²) in [5.41, 5.74) is 4.45. The van der Waals surface area contributed by atoms with Crippen molar-refractivity contribution in [1.29, 1.82) is 0 Å². The first-order valence-electron chi connectivity index (χ1n) is 10.5. The predicted molar refractivity (Wildman–Crippen MR) is 104 cm³/mol. The Labute approximate surface area is 183 Å². The number of aliphatic hydroxyl groups is 2. The maximum atomic E-state index is 12.1. The number of aliphatic hydroxyl groups excluding tert-OH is 2. The fourth-order valence-corrected chi connectivity index (χ4v) is 4.13. The van der Waals surface area contributed by atoms with E-state index in [-0.39, 0.29) is 5.82 Å². The molecule has 0 aromatic carbocycles. The molecule has 0 amide bonds. The minimum Gasteiger partial charge on any atom is -0.387 e. The van der Waals surface area contributed by atoms with Gasteiger partial charge in [-0.05, 0) is 6.07 Å². The number of anilines is 1. The van der Waals surface area contributed by atoms with Crippen molar-refractivity contribution in [2.24, 2.45) is 0 Å². The zero-order valence-electron chi connectivity index (χ0n) is 20.6. The maximum Gasteiger partial charge on any atom is 0.481 e. The molecular formula is C14H27N4O11P2+. The van der Waals surface area contributed by atoms with Gasteiger partial charge in [0, 0.05) is 6.20 Å². The number of quaternary nitrogens is 1. The molecule has 0 bridgehead atoms. The highest BCUT2D eigenvalue weighted by molar-refractivity contribution is 7.61. The van der Waals surface area contributed by atoms with Crippen LogP contribution >= 0.6 is 15.6 Å². The van der Waals surface area contributed by atoms with Gasteiger partial charge in [0.25, 0.3) is 0 Å². The molecule has 31 heavy (non-hydrogen) atoms. The molecule has 1 aliphatic heterocycles. The Bertz CT molecular complexity index is 1090. The van der Waals surface area contributed by atoms with Crippen molar-refractivity contribution in [3.05, 3.63) is 22.7 Å². The van der Waals surface area contributed by atoms with Crippen LogP contribution in [0.15, 0.2) is 17.1 Å². The van der Waals surface area contributed by atoms with Crippen molar-refractivity contribution in [3.8, 4) is 0 Å². The fraction of sp³-hybridized carbons (Fsp3) is 0.714. The van der Waals surface area contributed by atoms with Crippen LogP contribution in [0.25, 0.3) is 0 Å². The Hall–Kier alpha value is -1.22. The SMILES string of the molecule is [2H]C([2H])([13C]([2H])([2H])OP(=O)(O)OP(=O)(O)OC[C@H]1O[C@@H](n2ccc(N)nc2=O)[C@H](O)[C@@H]1O)[N+](C)(C)C. The summed E-state index contributed by atoms with van der Waals surface area (Å²) >= 11 is 0. The van der Waals surface area contributed by atoms with Crippen LogP contribution in [0.4, 0.5) is 5.82 Å². The lowest BCUT2D eigenvalue weighted by Gasteiger charge is -2.24. The van der Waals surface area contributed by atoms with Gasteiger partial charge in [0.15, 0.2) is 6.23 Å². The highest BCUT2D eigenvalue weighted by Gasteiger charge is 2.46. The molecule has 1 fully saturated rings. The smallest absolute Gasteiger partial charge is 0.387 e. The van der Waals surface area contributed by atoms with Crippen LogP contribution in [0.1, 0.15) is 11.7 Å². The Balaban J connectivity index is 2.07. The second kappa shape index (κ2) is 9.73. The van der Waals surface area contributed by atoms with Crippen LogP contribution in [0.3, 0.4) is 0 Å². The summed E-state index contributed by atoms with van der Waals surface area (Å²) in [6.07, 6.45) is -5.39. The first-order chi connectivity index (χ1) is 15.6. The predicted octanol–water partition coefficient (Wildman–Crippen LogP) is -1.60. The lowest BCUT2D eigenvalue weighted by atomic mass is 10.1. The van der Waals surface area contributed by atoms with Gasteiger partial charge in [-0.1, -0.05) is 0 Å². The molecule has 0 spiro atoms. The van der Waals surface area contributed by atoms with E-state index in [9.17, 15) is 33.9 Å². The quantitative estimate of drug-likeness (QED) is 0.141. The maximum absolute atomic E-state index is 12.1. The zero-order chi connectivity index (χ0) is 27.2. The highest BCUT2D eigenvalue weighted by Crippen LogP contribution is 2.60. The molecule has 0 aliphatic carbocycles. The van der Waals surface area contributed by atoms with Gasteiger partial charge in [-0.3, -0.25) is 13.6 Å². The number of phosphoric ester groups is 2. The van der Waals surface area contributed by atoms with Crippen molar-refractivity contribution in [2.45, 2.75) is 24.5 Å². The summed E-state index contributed by atoms with van der Waals surface area (Å²) in [4.78, 5) is 34.9. The summed E-state index contributed by atoms with van der Waals surface area (Å²) in [5, 5.41) is 20.3. The van der Waals surface area contributed by atoms with Gasteiger partial charge in [0.2, 0.25) is 0 Å². The second-order valence-electron chi connectivity index (χ2n) is 7.22. The minimum atomic E-state index is -5.74. The number of nitrogens with two attached hydrogens (primary N) is 1. The molecule has 1 saturated heterocycles. The third kappa shape index (κ3) is 7.70. The molecule has 178 valence electrons. The number of nitrogen functional groups attached to an aromatic ring is 1. The Morgan fingerprint density at radius 2 is 1.87 bits per heavy atom. The summed E-state index contributed by atoms with van der Waals surface area (Å²) < 4.78 is 73.4. The van der Waals surface area contributed by atoms with Gasteiger partial charge in [-0.25, -0.2) is 13.9 Å². The Kier molecular flexibility index (Phi) is 6.40. The van der Waals surface area contributed by atoms with Crippen molar-refractivity contribution in [2.75, 3.05) is 46.5 Å². The van der Waals surface area contributed by atoms with E-state index in [1.54, 1.807) is 0 Å². The number of rotatable bonds is 10. The molecule has 2 heterocycles. The van der Waals surface area contributed by atoms with Gasteiger partial charge in [-0.2, -0.15) is 9.29 Å². The van der Waals surface area contributed by atoms with E-state index >= 15 is 0 Å². The van der Waals surface area contributed by atoms with Gasteiger partial charge < -0.3 is 35.0 Å². The van der Waals surface area contributed by atoms with Crippen LogP contribution in [-0.2, 0) is 27.2 Å². The summed E-state index contributed by atoms with van der Waals surface area (Å²) in [6, 6.07) is 1.21. The van der Waals surface area contributed by atoms with E-state index in [0.29, 0.717) is 0 Å². The number of nitrogens with zero attached hydrogens (tertiary/aromatic N) is 3. The molecule has 1 aliphatic rings. The van der Waals surface area contributed by atoms with Crippen molar-refractivity contribution < 1.29 is 57.2 Å². The minimum absolute atomic E-state index is 0.118. The van der Waals surface area contributed by atoms with Crippen LogP contribution < -0.4 is 11.4 Å². The van der Waals surface area contributed by atoms with Crippen LogP contribution in [0, 0.1) is 0 Å². The molecule has 2 unspecified atom stereocenters. The molecule has 6 N–H and O–H groups in total. The fourth-order valence-electron chi connectivity index (χ4n) is 2.27. The van der Waals surface area contributed by atoms with E-state index in [2.05, 4.69) is 18.3 Å². The molecule has 0 saturated carbocycles. The molecule has 17 heteroatoms. The number of aromatic nitrogens is 2. The van der Waals surface area contributed by atoms with Crippen molar-refractivity contribution in [3.63, 3.8) is 0 Å². The summed E-state index contributed by atoms with van der Waals surface area (Å²) in [5.74, 6) is -0.118. The number of phosphoric acid groups is 2. The molecule has 15 nitrogen and oxygen atoms in total. The van der Waals surface area contributed by atoms with Gasteiger partial charge in [0.05, 0.1) is 33.2 Å².